The number of nitrogens with zero attached hydrogens (tertiary/aromatic N) is 2. The van der Waals surface area contributed by atoms with Crippen molar-refractivity contribution in [1.82, 2.24) is 15.3 Å². The van der Waals surface area contributed by atoms with E-state index in [4.69, 9.17) is 4.84 Å². The van der Waals surface area contributed by atoms with Crippen molar-refractivity contribution >= 4 is 22.5 Å². The Morgan fingerprint density at radius 3 is 2.62 bits per heavy atom. The predicted molar refractivity (Wildman–Crippen MR) is 126 cm³/mol. The number of hydrogen-bond donors (Lipinski definition) is 2. The van der Waals surface area contributed by atoms with Gasteiger partial charge in [-0.05, 0) is 69.6 Å². The Balaban J connectivity index is 1.24. The summed E-state index contributed by atoms with van der Waals surface area (Å²) in [6.07, 6.45) is 8.06. The molecule has 0 aliphatic heterocycles. The molecule has 0 saturated heterocycles. The number of hydrogen-bond acceptors (Lipinski definition) is 4. The van der Waals surface area contributed by atoms with Crippen molar-refractivity contribution < 1.29 is 9.63 Å². The molecule has 1 amide bonds. The molecular weight excluding hydrogens is 400 g/mol. The molecule has 2 saturated carbocycles. The van der Waals surface area contributed by atoms with E-state index in [1.54, 1.807) is 6.20 Å². The third kappa shape index (κ3) is 4.54. The van der Waals surface area contributed by atoms with E-state index < -0.39 is 0 Å². The molecule has 1 aromatic carbocycles. The van der Waals surface area contributed by atoms with Crippen LogP contribution in [0.25, 0.3) is 10.9 Å². The molecule has 166 valence electrons. The SMILES string of the molecule is Cc1[nH]c2ccccc2c1C(=O)N[C@H]1CC[C@H](/C(=N\OCC2CC2)c2ccccn2)CC1. The summed E-state index contributed by atoms with van der Waals surface area (Å²) in [6.45, 7) is 2.66. The molecule has 32 heavy (non-hydrogen) atoms. The van der Waals surface area contributed by atoms with Crippen LogP contribution in [-0.2, 0) is 4.84 Å². The molecule has 3 aromatic rings. The Morgan fingerprint density at radius 2 is 1.88 bits per heavy atom. The lowest BCUT2D eigenvalue weighted by molar-refractivity contribution is 0.0925. The number of aryl methyl sites for hydroxylation is 1. The van der Waals surface area contributed by atoms with E-state index >= 15 is 0 Å². The number of carbonyl (C=O) groups excluding carboxylic acids is 1. The molecule has 2 N–H and O–H groups in total. The van der Waals surface area contributed by atoms with E-state index in [1.807, 2.05) is 49.4 Å². The highest BCUT2D eigenvalue weighted by Crippen LogP contribution is 2.31. The average molecular weight is 431 g/mol. The van der Waals surface area contributed by atoms with E-state index in [0.717, 1.165) is 59.2 Å². The maximum absolute atomic E-state index is 13.1. The number of benzene rings is 1. The summed E-state index contributed by atoms with van der Waals surface area (Å²) in [4.78, 5) is 26.6. The smallest absolute Gasteiger partial charge is 0.253 e. The molecule has 2 aliphatic rings. The predicted octanol–water partition coefficient (Wildman–Crippen LogP) is 4.99. The van der Waals surface area contributed by atoms with Crippen LogP contribution in [0.1, 0.15) is 60.3 Å². The molecule has 5 rings (SSSR count). The van der Waals surface area contributed by atoms with Crippen LogP contribution in [0.5, 0.6) is 0 Å². The fourth-order valence-corrected chi connectivity index (χ4v) is 4.68. The largest absolute Gasteiger partial charge is 0.395 e. The molecule has 0 spiro atoms. The summed E-state index contributed by atoms with van der Waals surface area (Å²) in [5.74, 6) is 0.976. The average Bonchev–Trinajstić information content (AvgIpc) is 3.57. The molecule has 2 fully saturated rings. The molecular formula is C26H30N4O2. The van der Waals surface area contributed by atoms with Crippen molar-refractivity contribution in [2.75, 3.05) is 6.61 Å². The van der Waals surface area contributed by atoms with Crippen LogP contribution in [0.4, 0.5) is 0 Å². The monoisotopic (exact) mass is 430 g/mol. The number of aromatic nitrogens is 2. The fourth-order valence-electron chi connectivity index (χ4n) is 4.68. The molecule has 0 atom stereocenters. The highest BCUT2D eigenvalue weighted by molar-refractivity contribution is 6.08. The second-order valence-corrected chi connectivity index (χ2v) is 9.12. The summed E-state index contributed by atoms with van der Waals surface area (Å²) in [6, 6.07) is 14.1. The molecule has 2 aliphatic carbocycles. The number of H-pyrrole nitrogens is 1. The van der Waals surface area contributed by atoms with E-state index in [-0.39, 0.29) is 11.9 Å². The first-order valence-corrected chi connectivity index (χ1v) is 11.7. The summed E-state index contributed by atoms with van der Waals surface area (Å²) >= 11 is 0. The van der Waals surface area contributed by atoms with Crippen molar-refractivity contribution in [3.63, 3.8) is 0 Å². The van der Waals surface area contributed by atoms with Gasteiger partial charge in [-0.1, -0.05) is 29.4 Å². The first-order valence-electron chi connectivity index (χ1n) is 11.7. The molecule has 0 radical (unpaired) electrons. The first-order chi connectivity index (χ1) is 15.7. The molecule has 2 aromatic heterocycles. The minimum atomic E-state index is 0.00906. The number of fused-ring (bicyclic) bond motifs is 1. The first kappa shape index (κ1) is 20.7. The van der Waals surface area contributed by atoms with E-state index in [1.165, 1.54) is 12.8 Å². The number of pyridine rings is 1. The van der Waals surface area contributed by atoms with Crippen LogP contribution in [-0.4, -0.2) is 34.2 Å². The Kier molecular flexibility index (Phi) is 5.93. The van der Waals surface area contributed by atoms with Crippen LogP contribution >= 0.6 is 0 Å². The van der Waals surface area contributed by atoms with Crippen molar-refractivity contribution in [3.8, 4) is 0 Å². The van der Waals surface area contributed by atoms with Crippen LogP contribution < -0.4 is 5.32 Å². The maximum Gasteiger partial charge on any atom is 0.253 e. The fraction of sp³-hybridized carbons (Fsp3) is 0.423. The highest BCUT2D eigenvalue weighted by Gasteiger charge is 2.29. The molecule has 0 bridgehead atoms. The topological polar surface area (TPSA) is 79.4 Å². The highest BCUT2D eigenvalue weighted by atomic mass is 16.6. The third-order valence-electron chi connectivity index (χ3n) is 6.67. The van der Waals surface area contributed by atoms with Gasteiger partial charge in [0, 0.05) is 34.8 Å². The Morgan fingerprint density at radius 1 is 1.09 bits per heavy atom. The van der Waals surface area contributed by atoms with Crippen molar-refractivity contribution in [3.05, 3.63) is 65.6 Å². The quantitative estimate of drug-likeness (QED) is 0.409. The van der Waals surface area contributed by atoms with Gasteiger partial charge in [-0.25, -0.2) is 0 Å². The lowest BCUT2D eigenvalue weighted by Gasteiger charge is -2.29. The van der Waals surface area contributed by atoms with Gasteiger partial charge >= 0.3 is 0 Å². The normalized spacial score (nSPS) is 21.5. The zero-order valence-electron chi connectivity index (χ0n) is 18.5. The number of amides is 1. The zero-order valence-corrected chi connectivity index (χ0v) is 18.5. The third-order valence-corrected chi connectivity index (χ3v) is 6.67. The summed E-state index contributed by atoms with van der Waals surface area (Å²) in [5, 5.41) is 8.79. The van der Waals surface area contributed by atoms with E-state index in [0.29, 0.717) is 18.4 Å². The standard InChI is InChI=1S/C26H30N4O2/c1-17-24(21-6-2-3-7-22(21)28-17)26(31)29-20-13-11-19(12-14-20)25(23-8-4-5-15-27-23)30-32-16-18-9-10-18/h2-8,15,18-20,28H,9-14,16H2,1H3,(H,29,31)/b30-25+/t19-,20-. The Hall–Kier alpha value is -3.15. The Bertz CT molecular complexity index is 1110. The number of carbonyl (C=O) groups is 1. The van der Waals surface area contributed by atoms with Crippen LogP contribution in [0.15, 0.2) is 53.8 Å². The molecule has 6 heteroatoms. The minimum Gasteiger partial charge on any atom is -0.395 e. The summed E-state index contributed by atoms with van der Waals surface area (Å²) < 4.78 is 0. The second-order valence-electron chi connectivity index (χ2n) is 9.12. The lowest BCUT2D eigenvalue weighted by atomic mass is 9.82. The van der Waals surface area contributed by atoms with Crippen molar-refractivity contribution in [1.29, 1.82) is 0 Å². The summed E-state index contributed by atoms with van der Waals surface area (Å²) in [7, 11) is 0. The van der Waals surface area contributed by atoms with E-state index in [2.05, 4.69) is 20.4 Å². The van der Waals surface area contributed by atoms with Gasteiger partial charge < -0.3 is 15.1 Å². The van der Waals surface area contributed by atoms with Gasteiger partial charge in [0.05, 0.1) is 11.3 Å². The minimum absolute atomic E-state index is 0.00906. The van der Waals surface area contributed by atoms with Gasteiger partial charge in [0.2, 0.25) is 0 Å². The van der Waals surface area contributed by atoms with Crippen LogP contribution in [0.3, 0.4) is 0 Å². The Labute approximate surface area is 188 Å². The summed E-state index contributed by atoms with van der Waals surface area (Å²) in [5.41, 5.74) is 4.51. The second kappa shape index (κ2) is 9.15. The number of aromatic amines is 1. The zero-order chi connectivity index (χ0) is 21.9. The van der Waals surface area contributed by atoms with Gasteiger partial charge in [-0.15, -0.1) is 0 Å². The van der Waals surface area contributed by atoms with Gasteiger partial charge in [-0.3, -0.25) is 9.78 Å². The maximum atomic E-state index is 13.1. The molecule has 2 heterocycles. The van der Waals surface area contributed by atoms with Crippen LogP contribution in [0, 0.1) is 18.8 Å². The number of para-hydroxylation sites is 1. The molecule has 0 unspecified atom stereocenters. The lowest BCUT2D eigenvalue weighted by Crippen LogP contribution is -2.39. The van der Waals surface area contributed by atoms with Crippen molar-refractivity contribution in [2.45, 2.75) is 51.5 Å². The number of nitrogens with one attached hydrogen (secondary N) is 2. The number of oxime groups is 1. The van der Waals surface area contributed by atoms with Gasteiger partial charge in [0.1, 0.15) is 12.3 Å². The molecule has 6 nitrogen and oxygen atoms in total. The van der Waals surface area contributed by atoms with Gasteiger partial charge in [0.15, 0.2) is 0 Å². The van der Waals surface area contributed by atoms with Crippen molar-refractivity contribution in [2.24, 2.45) is 17.0 Å². The number of rotatable bonds is 7. The van der Waals surface area contributed by atoms with E-state index in [9.17, 15) is 4.79 Å². The van der Waals surface area contributed by atoms with Gasteiger partial charge in [0.25, 0.3) is 5.91 Å². The van der Waals surface area contributed by atoms with Crippen LogP contribution in [0.2, 0.25) is 0 Å². The van der Waals surface area contributed by atoms with Gasteiger partial charge in [-0.2, -0.15) is 0 Å².